The maximum atomic E-state index is 10.9. The number of aliphatic carboxylic acids is 1. The number of benzene rings is 1. The molecule has 1 rings (SSSR count). The summed E-state index contributed by atoms with van der Waals surface area (Å²) in [5.41, 5.74) is 1.13. The van der Waals surface area contributed by atoms with Gasteiger partial charge in [0.15, 0.2) is 0 Å². The lowest BCUT2D eigenvalue weighted by Gasteiger charge is -2.29. The van der Waals surface area contributed by atoms with Gasteiger partial charge in [-0.3, -0.25) is 9.69 Å². The Morgan fingerprint density at radius 3 is 2.67 bits per heavy atom. The molecule has 4 heteroatoms. The van der Waals surface area contributed by atoms with Crippen LogP contribution in [0.4, 0.5) is 0 Å². The van der Waals surface area contributed by atoms with Crippen molar-refractivity contribution in [3.05, 3.63) is 34.9 Å². The molecule has 0 bridgehead atoms. The molecule has 0 aliphatic heterocycles. The number of rotatable bonds is 6. The summed E-state index contributed by atoms with van der Waals surface area (Å²) < 4.78 is 0. The minimum absolute atomic E-state index is 0.200. The van der Waals surface area contributed by atoms with E-state index >= 15 is 0 Å². The zero-order chi connectivity index (χ0) is 13.7. The third-order valence-corrected chi connectivity index (χ3v) is 3.37. The molecule has 0 saturated carbocycles. The molecule has 100 valence electrons. The molecule has 0 aliphatic rings. The first-order chi connectivity index (χ1) is 8.45. The molecule has 0 aliphatic carbocycles. The van der Waals surface area contributed by atoms with E-state index in [0.717, 1.165) is 12.0 Å². The average molecular weight is 270 g/mol. The lowest BCUT2D eigenvalue weighted by Crippen LogP contribution is -2.31. The maximum Gasteiger partial charge on any atom is 0.307 e. The molecular weight excluding hydrogens is 250 g/mol. The number of nitrogens with zero attached hydrogens (tertiary/aromatic N) is 1. The fourth-order valence-corrected chi connectivity index (χ4v) is 2.35. The van der Waals surface area contributed by atoms with Gasteiger partial charge in [-0.05, 0) is 31.2 Å². The average Bonchev–Trinajstić information content (AvgIpc) is 2.29. The summed E-state index contributed by atoms with van der Waals surface area (Å²) in [6, 6.07) is 7.94. The van der Waals surface area contributed by atoms with Crippen LogP contribution in [0.5, 0.6) is 0 Å². The summed E-state index contributed by atoms with van der Waals surface area (Å²) in [6.45, 7) is 4.34. The van der Waals surface area contributed by atoms with E-state index in [-0.39, 0.29) is 12.0 Å². The van der Waals surface area contributed by atoms with E-state index < -0.39 is 5.97 Å². The van der Waals surface area contributed by atoms with Crippen LogP contribution in [-0.4, -0.2) is 29.6 Å². The van der Waals surface area contributed by atoms with Gasteiger partial charge in [0, 0.05) is 17.6 Å². The maximum absolute atomic E-state index is 10.9. The van der Waals surface area contributed by atoms with Crippen molar-refractivity contribution in [3.63, 3.8) is 0 Å². The minimum atomic E-state index is -0.761. The van der Waals surface area contributed by atoms with Crippen molar-refractivity contribution in [2.24, 2.45) is 5.92 Å². The predicted molar refractivity (Wildman–Crippen MR) is 73.9 cm³/mol. The topological polar surface area (TPSA) is 40.5 Å². The fraction of sp³-hybridized carbons (Fsp3) is 0.500. The van der Waals surface area contributed by atoms with Gasteiger partial charge in [-0.25, -0.2) is 0 Å². The Balaban J connectivity index is 2.80. The highest BCUT2D eigenvalue weighted by Crippen LogP contribution is 2.25. The second kappa shape index (κ2) is 6.76. The molecule has 0 saturated heterocycles. The van der Waals surface area contributed by atoms with Gasteiger partial charge in [-0.2, -0.15) is 0 Å². The molecular formula is C14H20ClNO2. The van der Waals surface area contributed by atoms with Crippen LogP contribution in [0.3, 0.4) is 0 Å². The van der Waals surface area contributed by atoms with Gasteiger partial charge in [0.1, 0.15) is 0 Å². The highest BCUT2D eigenvalue weighted by Gasteiger charge is 2.20. The highest BCUT2D eigenvalue weighted by atomic mass is 35.5. The van der Waals surface area contributed by atoms with Gasteiger partial charge in [-0.15, -0.1) is 0 Å². The van der Waals surface area contributed by atoms with Crippen LogP contribution in [0.2, 0.25) is 5.02 Å². The standard InChI is InChI=1S/C14H20ClNO2/c1-4-13(11-6-5-7-12(15)8-11)16(3)9-10(2)14(17)18/h5-8,10,13H,4,9H2,1-3H3,(H,17,18). The Bertz CT molecular complexity index is 409. The second-order valence-corrected chi connectivity index (χ2v) is 5.09. The zero-order valence-corrected chi connectivity index (χ0v) is 11.8. The molecule has 0 heterocycles. The quantitative estimate of drug-likeness (QED) is 0.860. The van der Waals surface area contributed by atoms with Crippen LogP contribution in [0, 0.1) is 5.92 Å². The van der Waals surface area contributed by atoms with Crippen LogP contribution >= 0.6 is 11.6 Å². The van der Waals surface area contributed by atoms with E-state index in [1.165, 1.54) is 0 Å². The SMILES string of the molecule is CCC(c1cccc(Cl)c1)N(C)CC(C)C(=O)O. The van der Waals surface area contributed by atoms with Gasteiger partial charge in [0.2, 0.25) is 0 Å². The Hall–Kier alpha value is -1.06. The van der Waals surface area contributed by atoms with E-state index in [2.05, 4.69) is 11.8 Å². The Labute approximate surface area is 113 Å². The summed E-state index contributed by atoms with van der Waals surface area (Å²) in [6.07, 6.45) is 0.920. The van der Waals surface area contributed by atoms with Crippen LogP contribution in [-0.2, 0) is 4.79 Å². The number of hydrogen-bond donors (Lipinski definition) is 1. The van der Waals surface area contributed by atoms with Gasteiger partial charge in [0.05, 0.1) is 5.92 Å². The molecule has 0 spiro atoms. The predicted octanol–water partition coefficient (Wildman–Crippen LogP) is 3.44. The number of carboxylic acids is 1. The van der Waals surface area contributed by atoms with Crippen molar-refractivity contribution in [2.45, 2.75) is 26.3 Å². The summed E-state index contributed by atoms with van der Waals surface area (Å²) in [4.78, 5) is 13.0. The molecule has 0 fully saturated rings. The van der Waals surface area contributed by atoms with Crippen molar-refractivity contribution >= 4 is 17.6 Å². The normalized spacial score (nSPS) is 14.5. The molecule has 0 amide bonds. The fourth-order valence-electron chi connectivity index (χ4n) is 2.15. The van der Waals surface area contributed by atoms with E-state index in [4.69, 9.17) is 16.7 Å². The first-order valence-corrected chi connectivity index (χ1v) is 6.52. The third-order valence-electron chi connectivity index (χ3n) is 3.14. The largest absolute Gasteiger partial charge is 0.481 e. The summed E-state index contributed by atoms with van der Waals surface area (Å²) in [7, 11) is 1.95. The smallest absolute Gasteiger partial charge is 0.307 e. The number of halogens is 1. The molecule has 0 aromatic heterocycles. The molecule has 0 radical (unpaired) electrons. The molecule has 1 aromatic carbocycles. The second-order valence-electron chi connectivity index (χ2n) is 4.66. The van der Waals surface area contributed by atoms with Crippen molar-refractivity contribution in [1.82, 2.24) is 4.90 Å². The van der Waals surface area contributed by atoms with Crippen LogP contribution in [0.15, 0.2) is 24.3 Å². The van der Waals surface area contributed by atoms with Gasteiger partial charge < -0.3 is 5.11 Å². The van der Waals surface area contributed by atoms with E-state index in [1.54, 1.807) is 6.92 Å². The first-order valence-electron chi connectivity index (χ1n) is 6.14. The first kappa shape index (κ1) is 15.0. The molecule has 18 heavy (non-hydrogen) atoms. The number of carboxylic acid groups (broad SMARTS) is 1. The number of hydrogen-bond acceptors (Lipinski definition) is 2. The Morgan fingerprint density at radius 2 is 2.17 bits per heavy atom. The van der Waals surface area contributed by atoms with Crippen LogP contribution in [0.1, 0.15) is 31.9 Å². The lowest BCUT2D eigenvalue weighted by molar-refractivity contribution is -0.141. The highest BCUT2D eigenvalue weighted by molar-refractivity contribution is 6.30. The van der Waals surface area contributed by atoms with Crippen molar-refractivity contribution in [2.75, 3.05) is 13.6 Å². The van der Waals surface area contributed by atoms with Gasteiger partial charge in [0.25, 0.3) is 0 Å². The number of carbonyl (C=O) groups is 1. The molecule has 2 atom stereocenters. The molecule has 2 unspecified atom stereocenters. The van der Waals surface area contributed by atoms with Gasteiger partial charge in [-0.1, -0.05) is 37.6 Å². The third kappa shape index (κ3) is 4.00. The van der Waals surface area contributed by atoms with E-state index in [0.29, 0.717) is 11.6 Å². The van der Waals surface area contributed by atoms with Crippen molar-refractivity contribution < 1.29 is 9.90 Å². The van der Waals surface area contributed by atoms with E-state index in [1.807, 2.05) is 31.3 Å². The monoisotopic (exact) mass is 269 g/mol. The van der Waals surface area contributed by atoms with Crippen LogP contribution < -0.4 is 0 Å². The Morgan fingerprint density at radius 1 is 1.50 bits per heavy atom. The van der Waals surface area contributed by atoms with E-state index in [9.17, 15) is 4.79 Å². The van der Waals surface area contributed by atoms with Crippen LogP contribution in [0.25, 0.3) is 0 Å². The summed E-state index contributed by atoms with van der Waals surface area (Å²) in [5, 5.41) is 9.67. The summed E-state index contributed by atoms with van der Waals surface area (Å²) >= 11 is 5.99. The van der Waals surface area contributed by atoms with Gasteiger partial charge >= 0.3 is 5.97 Å². The Kier molecular flexibility index (Phi) is 5.63. The van der Waals surface area contributed by atoms with Crippen molar-refractivity contribution in [1.29, 1.82) is 0 Å². The van der Waals surface area contributed by atoms with Crippen molar-refractivity contribution in [3.8, 4) is 0 Å². The minimum Gasteiger partial charge on any atom is -0.481 e. The lowest BCUT2D eigenvalue weighted by atomic mass is 10.0. The molecule has 3 nitrogen and oxygen atoms in total. The summed E-state index contributed by atoms with van der Waals surface area (Å²) in [5.74, 6) is -1.13. The molecule has 1 aromatic rings. The molecule has 1 N–H and O–H groups in total. The zero-order valence-electron chi connectivity index (χ0n) is 11.1.